The highest BCUT2D eigenvalue weighted by Crippen LogP contribution is 2.30. The predicted molar refractivity (Wildman–Crippen MR) is 153 cm³/mol. The molecule has 2 atom stereocenters. The average molecular weight is 530 g/mol. The number of carbonyl (C=O) groups is 3. The van der Waals surface area contributed by atoms with E-state index in [2.05, 4.69) is 17.6 Å². The molecule has 38 heavy (non-hydrogen) atoms. The van der Waals surface area contributed by atoms with E-state index in [1.54, 1.807) is 25.7 Å². The van der Waals surface area contributed by atoms with E-state index in [9.17, 15) is 14.4 Å². The van der Waals surface area contributed by atoms with E-state index in [4.69, 9.17) is 4.74 Å². The first-order valence-corrected chi connectivity index (χ1v) is 14.5. The average Bonchev–Trinajstić information content (AvgIpc) is 2.81. The fraction of sp³-hybridized carbons (Fsp3) is 0.710. The second kappa shape index (κ2) is 14.5. The van der Waals surface area contributed by atoms with Crippen molar-refractivity contribution in [1.29, 1.82) is 0 Å². The third-order valence-corrected chi connectivity index (χ3v) is 7.06. The van der Waals surface area contributed by atoms with E-state index >= 15 is 0 Å². The Kier molecular flexibility index (Phi) is 12.1. The Balaban J connectivity index is 2.52. The van der Waals surface area contributed by atoms with Gasteiger partial charge in [-0.05, 0) is 82.9 Å². The third-order valence-electron chi connectivity index (χ3n) is 7.06. The van der Waals surface area contributed by atoms with Crippen LogP contribution in [-0.2, 0) is 14.3 Å². The first-order valence-electron chi connectivity index (χ1n) is 14.5. The fourth-order valence-electron chi connectivity index (χ4n) is 5.25. The topological polar surface area (TPSA) is 87.7 Å². The van der Waals surface area contributed by atoms with Crippen molar-refractivity contribution in [2.45, 2.75) is 130 Å². The van der Waals surface area contributed by atoms with Gasteiger partial charge in [0.2, 0.25) is 11.8 Å². The molecule has 0 spiro atoms. The molecule has 1 saturated carbocycles. The Morgan fingerprint density at radius 1 is 1.05 bits per heavy atom. The lowest BCUT2D eigenvalue weighted by Crippen LogP contribution is -2.54. The van der Waals surface area contributed by atoms with Crippen LogP contribution in [-0.4, -0.2) is 47.0 Å². The van der Waals surface area contributed by atoms with Gasteiger partial charge in [0, 0.05) is 12.6 Å². The maximum atomic E-state index is 14.3. The molecule has 1 aromatic carbocycles. The number of rotatable bonds is 11. The molecule has 3 amide bonds. The van der Waals surface area contributed by atoms with Crippen LogP contribution in [0.4, 0.5) is 4.79 Å². The van der Waals surface area contributed by atoms with Gasteiger partial charge in [0.05, 0.1) is 0 Å². The van der Waals surface area contributed by atoms with Crippen molar-refractivity contribution in [2.75, 3.05) is 6.54 Å². The van der Waals surface area contributed by atoms with Gasteiger partial charge >= 0.3 is 6.09 Å². The second-order valence-electron chi connectivity index (χ2n) is 12.3. The number of carbonyl (C=O) groups excluding carboxylic acids is 3. The number of hydrogen-bond donors (Lipinski definition) is 2. The molecule has 7 heteroatoms. The number of aryl methyl sites for hydroxylation is 2. The molecule has 0 aromatic heterocycles. The zero-order chi connectivity index (χ0) is 28.5. The van der Waals surface area contributed by atoms with E-state index in [1.165, 1.54) is 6.42 Å². The molecule has 1 aliphatic carbocycles. The van der Waals surface area contributed by atoms with Crippen LogP contribution in [0.1, 0.15) is 116 Å². The number of benzene rings is 1. The molecule has 0 saturated heterocycles. The fourth-order valence-corrected chi connectivity index (χ4v) is 5.25. The third kappa shape index (κ3) is 9.63. The second-order valence-corrected chi connectivity index (χ2v) is 12.3. The van der Waals surface area contributed by atoms with Crippen molar-refractivity contribution in [3.8, 4) is 0 Å². The quantitative estimate of drug-likeness (QED) is 0.349. The number of hydrogen-bond acceptors (Lipinski definition) is 4. The van der Waals surface area contributed by atoms with Gasteiger partial charge in [-0.1, -0.05) is 64.7 Å². The molecule has 0 aliphatic heterocycles. The summed E-state index contributed by atoms with van der Waals surface area (Å²) in [4.78, 5) is 42.8. The molecular formula is C31H51N3O4. The van der Waals surface area contributed by atoms with Crippen molar-refractivity contribution in [3.05, 3.63) is 34.9 Å². The van der Waals surface area contributed by atoms with E-state index in [-0.39, 0.29) is 23.8 Å². The van der Waals surface area contributed by atoms with Crippen molar-refractivity contribution < 1.29 is 19.1 Å². The summed E-state index contributed by atoms with van der Waals surface area (Å²) in [7, 11) is 0. The van der Waals surface area contributed by atoms with Crippen LogP contribution in [0.25, 0.3) is 0 Å². The van der Waals surface area contributed by atoms with Gasteiger partial charge in [-0.2, -0.15) is 0 Å². The van der Waals surface area contributed by atoms with E-state index in [1.807, 2.05) is 45.9 Å². The van der Waals surface area contributed by atoms with Gasteiger partial charge in [0.25, 0.3) is 0 Å². The normalized spacial score (nSPS) is 16.0. The van der Waals surface area contributed by atoms with Gasteiger partial charge in [-0.15, -0.1) is 0 Å². The minimum Gasteiger partial charge on any atom is -0.444 e. The van der Waals surface area contributed by atoms with Crippen molar-refractivity contribution in [2.24, 2.45) is 5.92 Å². The van der Waals surface area contributed by atoms with E-state index < -0.39 is 23.8 Å². The standard InChI is InChI=1S/C31H51N3O4/c1-9-10-19-34(29(36)25(20-21(2)3)33-30(37)38-31(6,7)8)27(26-22(4)15-14-16-23(26)5)28(35)32-24-17-12-11-13-18-24/h14-16,21,24-25,27H,9-13,17-20H2,1-8H3,(H,32,35)(H,33,37). The van der Waals surface area contributed by atoms with Crippen LogP contribution in [0.5, 0.6) is 0 Å². The Hall–Kier alpha value is -2.57. The molecule has 2 unspecified atom stereocenters. The molecule has 0 radical (unpaired) electrons. The Morgan fingerprint density at radius 2 is 1.66 bits per heavy atom. The Bertz CT molecular complexity index is 911. The number of nitrogens with zero attached hydrogens (tertiary/aromatic N) is 1. The lowest BCUT2D eigenvalue weighted by atomic mass is 9.91. The summed E-state index contributed by atoms with van der Waals surface area (Å²) in [6, 6.07) is 4.53. The first kappa shape index (κ1) is 31.6. The molecule has 0 bridgehead atoms. The molecule has 214 valence electrons. The number of ether oxygens (including phenoxy) is 1. The highest BCUT2D eigenvalue weighted by Gasteiger charge is 2.38. The van der Waals surface area contributed by atoms with Crippen LogP contribution in [0, 0.1) is 19.8 Å². The maximum absolute atomic E-state index is 14.3. The van der Waals surface area contributed by atoms with Crippen molar-refractivity contribution >= 4 is 17.9 Å². The predicted octanol–water partition coefficient (Wildman–Crippen LogP) is 6.36. The van der Waals surface area contributed by atoms with E-state index in [0.717, 1.165) is 55.2 Å². The zero-order valence-electron chi connectivity index (χ0n) is 25.0. The van der Waals surface area contributed by atoms with Gasteiger partial charge in [0.15, 0.2) is 0 Å². The zero-order valence-corrected chi connectivity index (χ0v) is 25.0. The van der Waals surface area contributed by atoms with Gasteiger partial charge in [-0.3, -0.25) is 9.59 Å². The largest absolute Gasteiger partial charge is 0.444 e. The molecule has 1 aliphatic rings. The van der Waals surface area contributed by atoms with Crippen LogP contribution in [0.2, 0.25) is 0 Å². The van der Waals surface area contributed by atoms with Crippen molar-refractivity contribution in [1.82, 2.24) is 15.5 Å². The molecule has 1 aromatic rings. The van der Waals surface area contributed by atoms with Gasteiger partial charge < -0.3 is 20.3 Å². The lowest BCUT2D eigenvalue weighted by molar-refractivity contribution is -0.143. The SMILES string of the molecule is CCCCN(C(=O)C(CC(C)C)NC(=O)OC(C)(C)C)C(C(=O)NC1CCCCC1)c1c(C)cccc1C. The van der Waals surface area contributed by atoms with Crippen LogP contribution >= 0.6 is 0 Å². The van der Waals surface area contributed by atoms with E-state index in [0.29, 0.717) is 13.0 Å². The van der Waals surface area contributed by atoms with Crippen LogP contribution in [0.15, 0.2) is 18.2 Å². The number of amides is 3. The summed E-state index contributed by atoms with van der Waals surface area (Å²) in [5.41, 5.74) is 2.14. The molecule has 1 fully saturated rings. The molecule has 2 rings (SSSR count). The highest BCUT2D eigenvalue weighted by atomic mass is 16.6. The maximum Gasteiger partial charge on any atom is 0.408 e. The van der Waals surface area contributed by atoms with Crippen LogP contribution in [0.3, 0.4) is 0 Å². The number of unbranched alkanes of at least 4 members (excludes halogenated alkanes) is 1. The Labute approximate surface area is 230 Å². The van der Waals surface area contributed by atoms with Gasteiger partial charge in [0.1, 0.15) is 17.7 Å². The number of nitrogens with one attached hydrogen (secondary N) is 2. The summed E-state index contributed by atoms with van der Waals surface area (Å²) in [6.45, 7) is 15.9. The number of alkyl carbamates (subject to hydrolysis) is 1. The molecule has 7 nitrogen and oxygen atoms in total. The van der Waals surface area contributed by atoms with Crippen LogP contribution < -0.4 is 10.6 Å². The van der Waals surface area contributed by atoms with Gasteiger partial charge in [-0.25, -0.2) is 4.79 Å². The monoisotopic (exact) mass is 529 g/mol. The molecular weight excluding hydrogens is 478 g/mol. The Morgan fingerprint density at radius 3 is 2.18 bits per heavy atom. The minimum atomic E-state index is -0.795. The summed E-state index contributed by atoms with van der Waals surface area (Å²) in [5.74, 6) is -0.231. The lowest BCUT2D eigenvalue weighted by Gasteiger charge is -2.37. The minimum absolute atomic E-state index is 0.123. The summed E-state index contributed by atoms with van der Waals surface area (Å²) in [5, 5.41) is 6.12. The first-order chi connectivity index (χ1) is 17.8. The summed E-state index contributed by atoms with van der Waals surface area (Å²) in [6.07, 6.45) is 6.79. The highest BCUT2D eigenvalue weighted by molar-refractivity contribution is 5.92. The van der Waals surface area contributed by atoms with Crippen molar-refractivity contribution in [3.63, 3.8) is 0 Å². The summed E-state index contributed by atoms with van der Waals surface area (Å²) >= 11 is 0. The smallest absolute Gasteiger partial charge is 0.408 e. The molecule has 2 N–H and O–H groups in total. The molecule has 0 heterocycles. The summed E-state index contributed by atoms with van der Waals surface area (Å²) < 4.78 is 5.49.